The molecule has 10 nitrogen and oxygen atoms in total. The molecule has 0 aromatic heterocycles. The number of hydrogen-bond donors (Lipinski definition) is 4. The number of nitrogens with zero attached hydrogens (tertiary/aromatic N) is 1. The molecule has 2 heterocycles. The molecule has 11 heteroatoms. The van der Waals surface area contributed by atoms with Crippen molar-refractivity contribution in [2.24, 2.45) is 0 Å². The second-order valence-corrected chi connectivity index (χ2v) is 11.5. The van der Waals surface area contributed by atoms with E-state index in [4.69, 9.17) is 11.6 Å². The molecule has 4 amide bonds. The van der Waals surface area contributed by atoms with Gasteiger partial charge in [-0.15, -0.1) is 0 Å². The minimum Gasteiger partial charge on any atom is -0.386 e. The standard InChI is InChI=1S/C29H41ClN4O6/c1-4-29(3)28(40)32-22(17-19-12-14-20(30)15-13-19)27(39)34-16-8-10-23(34)26(38)31-21(25(37)33-29)9-6-5-7-11-24(36)18(2)35/h12-15,18,21-23,35H,4-11,16-17H2,1-3H3,(H,31,38)(H,32,40)(H,33,37)/t18-,21+,22-,23?,29+/m1/s1. The van der Waals surface area contributed by atoms with Crippen LogP contribution >= 0.6 is 11.6 Å². The van der Waals surface area contributed by atoms with E-state index in [2.05, 4.69) is 16.0 Å². The normalized spacial score (nSPS) is 26.6. The number of nitrogens with one attached hydrogen (secondary N) is 3. The van der Waals surface area contributed by atoms with E-state index < -0.39 is 47.5 Å². The third kappa shape index (κ3) is 8.04. The molecule has 3 rings (SSSR count). The van der Waals surface area contributed by atoms with Crippen molar-refractivity contribution in [1.82, 2.24) is 20.9 Å². The number of halogens is 1. The molecule has 40 heavy (non-hydrogen) atoms. The molecule has 1 unspecified atom stereocenters. The SMILES string of the molecule is CC[C@]1(C)NC(=O)[C@H](CCCCCC(=O)[C@@H](C)O)NC(=O)C2CCCN2C(=O)[C@@H](Cc2ccc(Cl)cc2)NC1=O. The van der Waals surface area contributed by atoms with Crippen LogP contribution in [0.25, 0.3) is 0 Å². The fraction of sp³-hybridized carbons (Fsp3) is 0.621. The zero-order valence-electron chi connectivity index (χ0n) is 23.5. The summed E-state index contributed by atoms with van der Waals surface area (Å²) in [6.07, 6.45) is 2.85. The number of hydrogen-bond acceptors (Lipinski definition) is 6. The number of unbranched alkanes of at least 4 members (excludes halogenated alkanes) is 2. The lowest BCUT2D eigenvalue weighted by Crippen LogP contribution is -2.65. The highest BCUT2D eigenvalue weighted by Gasteiger charge is 2.43. The molecule has 2 aliphatic rings. The topological polar surface area (TPSA) is 145 Å². The summed E-state index contributed by atoms with van der Waals surface area (Å²) < 4.78 is 0. The summed E-state index contributed by atoms with van der Waals surface area (Å²) in [4.78, 5) is 67.3. The molecule has 2 fully saturated rings. The predicted molar refractivity (Wildman–Crippen MR) is 150 cm³/mol. The van der Waals surface area contributed by atoms with Crippen molar-refractivity contribution < 1.29 is 29.1 Å². The summed E-state index contributed by atoms with van der Waals surface area (Å²) in [6, 6.07) is 4.44. The molecule has 0 radical (unpaired) electrons. The Balaban J connectivity index is 1.82. The number of ketones is 1. The largest absolute Gasteiger partial charge is 0.386 e. The Hall–Kier alpha value is -2.98. The van der Waals surface area contributed by atoms with Crippen LogP contribution < -0.4 is 16.0 Å². The molecular weight excluding hydrogens is 536 g/mol. The van der Waals surface area contributed by atoms with Crippen LogP contribution in [0.4, 0.5) is 0 Å². The molecule has 2 saturated heterocycles. The van der Waals surface area contributed by atoms with Gasteiger partial charge < -0.3 is 26.0 Å². The summed E-state index contributed by atoms with van der Waals surface area (Å²) in [7, 11) is 0. The number of aliphatic hydroxyl groups excluding tert-OH is 1. The van der Waals surface area contributed by atoms with Gasteiger partial charge in [-0.25, -0.2) is 0 Å². The van der Waals surface area contributed by atoms with Crippen molar-refractivity contribution in [2.45, 2.75) is 108 Å². The molecule has 1 aromatic rings. The van der Waals surface area contributed by atoms with Crippen LogP contribution in [-0.2, 0) is 30.4 Å². The molecule has 220 valence electrons. The number of Topliss-reactive ketones (excluding diaryl/α,β-unsaturated/α-hetero) is 1. The van der Waals surface area contributed by atoms with Crippen molar-refractivity contribution in [3.63, 3.8) is 0 Å². The van der Waals surface area contributed by atoms with Gasteiger partial charge >= 0.3 is 0 Å². The van der Waals surface area contributed by atoms with Crippen molar-refractivity contribution in [1.29, 1.82) is 0 Å². The maximum absolute atomic E-state index is 13.8. The van der Waals surface area contributed by atoms with Crippen LogP contribution in [0.5, 0.6) is 0 Å². The monoisotopic (exact) mass is 576 g/mol. The van der Waals surface area contributed by atoms with E-state index in [1.165, 1.54) is 11.8 Å². The zero-order chi connectivity index (χ0) is 29.4. The van der Waals surface area contributed by atoms with E-state index in [9.17, 15) is 29.1 Å². The summed E-state index contributed by atoms with van der Waals surface area (Å²) >= 11 is 6.02. The maximum atomic E-state index is 13.8. The fourth-order valence-corrected chi connectivity index (χ4v) is 5.24. The van der Waals surface area contributed by atoms with Gasteiger partial charge in [0.05, 0.1) is 0 Å². The van der Waals surface area contributed by atoms with Crippen LogP contribution in [0, 0.1) is 0 Å². The van der Waals surface area contributed by atoms with Gasteiger partial charge in [0, 0.05) is 24.4 Å². The number of aliphatic hydroxyl groups is 1. The maximum Gasteiger partial charge on any atom is 0.246 e. The van der Waals surface area contributed by atoms with E-state index in [0.29, 0.717) is 50.1 Å². The first-order chi connectivity index (χ1) is 18.9. The van der Waals surface area contributed by atoms with Crippen LogP contribution in [-0.4, -0.2) is 75.7 Å². The average molecular weight is 577 g/mol. The number of rotatable bonds is 10. The number of carbonyl (C=O) groups excluding carboxylic acids is 5. The van der Waals surface area contributed by atoms with Gasteiger partial charge in [0.1, 0.15) is 29.8 Å². The quantitative estimate of drug-likeness (QED) is 0.314. The Kier molecular flexibility index (Phi) is 11.1. The highest BCUT2D eigenvalue weighted by Crippen LogP contribution is 2.22. The number of benzene rings is 1. The van der Waals surface area contributed by atoms with E-state index in [-0.39, 0.29) is 31.0 Å². The molecule has 2 aliphatic heterocycles. The predicted octanol–water partition coefficient (Wildman–Crippen LogP) is 2.04. The van der Waals surface area contributed by atoms with Crippen molar-refractivity contribution in [3.8, 4) is 0 Å². The van der Waals surface area contributed by atoms with Crippen LogP contribution in [0.3, 0.4) is 0 Å². The molecule has 1 aromatic carbocycles. The Morgan fingerprint density at radius 3 is 2.42 bits per heavy atom. The molecular formula is C29H41ClN4O6. The first kappa shape index (κ1) is 31.5. The van der Waals surface area contributed by atoms with Gasteiger partial charge in [-0.2, -0.15) is 0 Å². The lowest BCUT2D eigenvalue weighted by molar-refractivity contribution is -0.144. The summed E-state index contributed by atoms with van der Waals surface area (Å²) in [5.74, 6) is -1.93. The average Bonchev–Trinajstić information content (AvgIpc) is 3.41. The van der Waals surface area contributed by atoms with E-state index >= 15 is 0 Å². The third-order valence-electron chi connectivity index (χ3n) is 7.92. The Morgan fingerprint density at radius 2 is 1.77 bits per heavy atom. The van der Waals surface area contributed by atoms with Gasteiger partial charge in [0.2, 0.25) is 23.6 Å². The molecule has 0 spiro atoms. The first-order valence-corrected chi connectivity index (χ1v) is 14.5. The highest BCUT2D eigenvalue weighted by molar-refractivity contribution is 6.30. The number of fused-ring (bicyclic) bond motifs is 1. The van der Waals surface area contributed by atoms with Crippen molar-refractivity contribution in [3.05, 3.63) is 34.9 Å². The van der Waals surface area contributed by atoms with Gasteiger partial charge in [-0.3, -0.25) is 24.0 Å². The Morgan fingerprint density at radius 1 is 1.07 bits per heavy atom. The number of amides is 4. The first-order valence-electron chi connectivity index (χ1n) is 14.1. The van der Waals surface area contributed by atoms with Crippen molar-refractivity contribution in [2.75, 3.05) is 6.54 Å². The smallest absolute Gasteiger partial charge is 0.246 e. The minimum absolute atomic E-state index is 0.209. The summed E-state index contributed by atoms with van der Waals surface area (Å²) in [6.45, 7) is 5.19. The molecule has 0 aliphatic carbocycles. The minimum atomic E-state index is -1.31. The van der Waals surface area contributed by atoms with E-state index in [1.54, 1.807) is 38.1 Å². The lowest BCUT2D eigenvalue weighted by atomic mass is 9.94. The second kappa shape index (κ2) is 14.1. The van der Waals surface area contributed by atoms with Crippen LogP contribution in [0.15, 0.2) is 24.3 Å². The van der Waals surface area contributed by atoms with Crippen LogP contribution in [0.2, 0.25) is 5.02 Å². The van der Waals surface area contributed by atoms with Gasteiger partial charge in [-0.05, 0) is 63.6 Å². The molecule has 0 saturated carbocycles. The summed E-state index contributed by atoms with van der Waals surface area (Å²) in [5.41, 5.74) is -0.515. The van der Waals surface area contributed by atoms with E-state index in [0.717, 1.165) is 5.56 Å². The lowest BCUT2D eigenvalue weighted by Gasteiger charge is -2.36. The fourth-order valence-electron chi connectivity index (χ4n) is 5.11. The summed E-state index contributed by atoms with van der Waals surface area (Å²) in [5, 5.41) is 18.5. The number of carbonyl (C=O) groups is 5. The third-order valence-corrected chi connectivity index (χ3v) is 8.17. The van der Waals surface area contributed by atoms with E-state index in [1.807, 2.05) is 0 Å². The van der Waals surface area contributed by atoms with Gasteiger partial charge in [0.15, 0.2) is 5.78 Å². The van der Waals surface area contributed by atoms with Gasteiger partial charge in [0.25, 0.3) is 0 Å². The molecule has 5 atom stereocenters. The Labute approximate surface area is 240 Å². The van der Waals surface area contributed by atoms with Gasteiger partial charge in [-0.1, -0.05) is 43.5 Å². The Bertz CT molecular complexity index is 1090. The molecule has 4 N–H and O–H groups in total. The van der Waals surface area contributed by atoms with Crippen molar-refractivity contribution >= 4 is 41.0 Å². The highest BCUT2D eigenvalue weighted by atomic mass is 35.5. The van der Waals surface area contributed by atoms with Crippen LogP contribution in [0.1, 0.15) is 77.7 Å². The second-order valence-electron chi connectivity index (χ2n) is 11.0. The molecule has 0 bridgehead atoms. The zero-order valence-corrected chi connectivity index (χ0v) is 24.3.